The van der Waals surface area contributed by atoms with Gasteiger partial charge in [0, 0.05) is 11.6 Å². The molecule has 5 aromatic rings. The molecule has 0 amide bonds. The first-order valence-electron chi connectivity index (χ1n) is 13.3. The molecule has 0 saturated heterocycles. The van der Waals surface area contributed by atoms with Crippen molar-refractivity contribution in [2.75, 3.05) is 5.32 Å². The SMILES string of the molecule is Cc1ccc(-c2ccc(-c3ccccc3C3C=C(c4ccccc4)C=CC3Nc3ccccc3)cc2)cc1. The number of anilines is 1. The molecule has 0 heterocycles. The van der Waals surface area contributed by atoms with Gasteiger partial charge < -0.3 is 5.32 Å². The van der Waals surface area contributed by atoms with Gasteiger partial charge in [-0.05, 0) is 58.0 Å². The summed E-state index contributed by atoms with van der Waals surface area (Å²) in [4.78, 5) is 0. The quantitative estimate of drug-likeness (QED) is 0.250. The van der Waals surface area contributed by atoms with Gasteiger partial charge in [0.25, 0.3) is 0 Å². The summed E-state index contributed by atoms with van der Waals surface area (Å²) in [6.07, 6.45) is 7.00. The van der Waals surface area contributed by atoms with Crippen molar-refractivity contribution in [3.05, 3.63) is 168 Å². The van der Waals surface area contributed by atoms with Gasteiger partial charge in [0.1, 0.15) is 0 Å². The van der Waals surface area contributed by atoms with E-state index in [2.05, 4.69) is 164 Å². The van der Waals surface area contributed by atoms with Gasteiger partial charge in [0.2, 0.25) is 0 Å². The number of hydrogen-bond acceptors (Lipinski definition) is 1. The highest BCUT2D eigenvalue weighted by Crippen LogP contribution is 2.38. The van der Waals surface area contributed by atoms with Crippen LogP contribution in [-0.2, 0) is 0 Å². The first-order chi connectivity index (χ1) is 18.7. The summed E-state index contributed by atoms with van der Waals surface area (Å²) in [5, 5.41) is 3.78. The van der Waals surface area contributed by atoms with E-state index in [9.17, 15) is 0 Å². The molecular formula is C37H31N. The standard InChI is InChI=1S/C37H31N/c1-27-16-18-29(19-17-27)30-20-22-31(23-21-30)34-14-8-9-15-35(34)36-26-32(28-10-4-2-5-11-28)24-25-37(36)38-33-12-6-3-7-13-33/h2-26,36-38H,1H3. The van der Waals surface area contributed by atoms with Crippen LogP contribution in [0.5, 0.6) is 0 Å². The zero-order valence-corrected chi connectivity index (χ0v) is 21.6. The molecule has 0 aromatic heterocycles. The van der Waals surface area contributed by atoms with Crippen molar-refractivity contribution in [2.24, 2.45) is 0 Å². The maximum absolute atomic E-state index is 3.78. The predicted molar refractivity (Wildman–Crippen MR) is 162 cm³/mol. The van der Waals surface area contributed by atoms with E-state index in [1.54, 1.807) is 0 Å². The fraction of sp³-hybridized carbons (Fsp3) is 0.0811. The summed E-state index contributed by atoms with van der Waals surface area (Å²) in [7, 11) is 0. The third kappa shape index (κ3) is 5.10. The summed E-state index contributed by atoms with van der Waals surface area (Å²) in [5.74, 6) is 0.170. The average Bonchev–Trinajstić information content (AvgIpc) is 2.99. The third-order valence-electron chi connectivity index (χ3n) is 7.34. The van der Waals surface area contributed by atoms with Crippen LogP contribution in [0.4, 0.5) is 5.69 Å². The molecule has 1 aliphatic rings. The average molecular weight is 490 g/mol. The van der Waals surface area contributed by atoms with E-state index in [-0.39, 0.29) is 12.0 Å². The normalized spacial score (nSPS) is 16.6. The second kappa shape index (κ2) is 10.8. The smallest absolute Gasteiger partial charge is 0.0551 e. The van der Waals surface area contributed by atoms with E-state index in [4.69, 9.17) is 0 Å². The Labute approximate surface area is 225 Å². The van der Waals surface area contributed by atoms with Crippen LogP contribution in [0.1, 0.15) is 22.6 Å². The zero-order valence-electron chi connectivity index (χ0n) is 21.6. The van der Waals surface area contributed by atoms with Gasteiger partial charge in [0.15, 0.2) is 0 Å². The maximum Gasteiger partial charge on any atom is 0.0551 e. The molecule has 0 radical (unpaired) electrons. The van der Waals surface area contributed by atoms with Gasteiger partial charge in [0.05, 0.1) is 6.04 Å². The summed E-state index contributed by atoms with van der Waals surface area (Å²) < 4.78 is 0. The van der Waals surface area contributed by atoms with Gasteiger partial charge in [-0.15, -0.1) is 0 Å². The molecule has 0 spiro atoms. The molecule has 0 aliphatic heterocycles. The number of hydrogen-bond donors (Lipinski definition) is 1. The lowest BCUT2D eigenvalue weighted by atomic mass is 9.80. The highest BCUT2D eigenvalue weighted by atomic mass is 14.9. The van der Waals surface area contributed by atoms with Crippen molar-refractivity contribution in [3.8, 4) is 22.3 Å². The summed E-state index contributed by atoms with van der Waals surface area (Å²) in [6.45, 7) is 2.13. The Morgan fingerprint density at radius 3 is 1.82 bits per heavy atom. The van der Waals surface area contributed by atoms with E-state index in [0.29, 0.717) is 0 Å². The molecule has 2 atom stereocenters. The van der Waals surface area contributed by atoms with Crippen molar-refractivity contribution >= 4 is 11.3 Å². The van der Waals surface area contributed by atoms with Gasteiger partial charge in [-0.3, -0.25) is 0 Å². The van der Waals surface area contributed by atoms with Crippen molar-refractivity contribution < 1.29 is 0 Å². The van der Waals surface area contributed by atoms with Gasteiger partial charge in [-0.2, -0.15) is 0 Å². The summed E-state index contributed by atoms with van der Waals surface area (Å²) in [6, 6.07) is 47.9. The molecule has 0 saturated carbocycles. The molecule has 5 aromatic carbocycles. The van der Waals surface area contributed by atoms with Crippen LogP contribution >= 0.6 is 0 Å². The van der Waals surface area contributed by atoms with Crippen LogP contribution in [-0.4, -0.2) is 6.04 Å². The highest BCUT2D eigenvalue weighted by molar-refractivity contribution is 5.79. The Hall–Kier alpha value is -4.62. The minimum absolute atomic E-state index is 0.137. The number of rotatable bonds is 6. The molecule has 38 heavy (non-hydrogen) atoms. The number of para-hydroxylation sites is 1. The minimum atomic E-state index is 0.137. The predicted octanol–water partition coefficient (Wildman–Crippen LogP) is 9.55. The number of allylic oxidation sites excluding steroid dienone is 2. The Bertz CT molecular complexity index is 1560. The van der Waals surface area contributed by atoms with Crippen molar-refractivity contribution in [2.45, 2.75) is 18.9 Å². The molecule has 0 bridgehead atoms. The fourth-order valence-electron chi connectivity index (χ4n) is 5.29. The first kappa shape index (κ1) is 23.8. The minimum Gasteiger partial charge on any atom is -0.378 e. The number of nitrogens with one attached hydrogen (secondary N) is 1. The molecule has 184 valence electrons. The molecule has 1 nitrogen and oxygen atoms in total. The number of aryl methyl sites for hydroxylation is 1. The molecule has 1 heteroatoms. The van der Waals surface area contributed by atoms with Crippen molar-refractivity contribution in [1.82, 2.24) is 0 Å². The topological polar surface area (TPSA) is 12.0 Å². The molecule has 2 unspecified atom stereocenters. The van der Waals surface area contributed by atoms with E-state index in [0.717, 1.165) is 5.69 Å². The monoisotopic (exact) mass is 489 g/mol. The highest BCUT2D eigenvalue weighted by Gasteiger charge is 2.25. The zero-order chi connectivity index (χ0) is 25.7. The Morgan fingerprint density at radius 2 is 1.11 bits per heavy atom. The Morgan fingerprint density at radius 1 is 0.526 bits per heavy atom. The molecule has 0 fully saturated rings. The van der Waals surface area contributed by atoms with E-state index < -0.39 is 0 Å². The van der Waals surface area contributed by atoms with Crippen LogP contribution < -0.4 is 5.32 Å². The second-order valence-corrected chi connectivity index (χ2v) is 9.94. The second-order valence-electron chi connectivity index (χ2n) is 9.94. The lowest BCUT2D eigenvalue weighted by molar-refractivity contribution is 0.760. The third-order valence-corrected chi connectivity index (χ3v) is 7.34. The van der Waals surface area contributed by atoms with Crippen molar-refractivity contribution in [1.29, 1.82) is 0 Å². The largest absolute Gasteiger partial charge is 0.378 e. The molecule has 6 rings (SSSR count). The lowest BCUT2D eigenvalue weighted by Crippen LogP contribution is -2.27. The Kier molecular flexibility index (Phi) is 6.74. The first-order valence-corrected chi connectivity index (χ1v) is 13.3. The summed E-state index contributed by atoms with van der Waals surface area (Å²) >= 11 is 0. The molecular weight excluding hydrogens is 458 g/mol. The lowest BCUT2D eigenvalue weighted by Gasteiger charge is -2.30. The van der Waals surface area contributed by atoms with Crippen molar-refractivity contribution in [3.63, 3.8) is 0 Å². The maximum atomic E-state index is 3.78. The summed E-state index contributed by atoms with van der Waals surface area (Å²) in [5.41, 5.74) is 11.2. The number of benzene rings is 5. The van der Waals surface area contributed by atoms with E-state index >= 15 is 0 Å². The van der Waals surface area contributed by atoms with Gasteiger partial charge in [-0.25, -0.2) is 0 Å². The van der Waals surface area contributed by atoms with Crippen LogP contribution in [0.25, 0.3) is 27.8 Å². The molecule has 1 N–H and O–H groups in total. The Balaban J connectivity index is 1.39. The van der Waals surface area contributed by atoms with E-state index in [1.807, 2.05) is 0 Å². The fourth-order valence-corrected chi connectivity index (χ4v) is 5.29. The van der Waals surface area contributed by atoms with Gasteiger partial charge >= 0.3 is 0 Å². The van der Waals surface area contributed by atoms with Crippen LogP contribution in [0.3, 0.4) is 0 Å². The molecule has 1 aliphatic carbocycles. The van der Waals surface area contributed by atoms with Crippen LogP contribution in [0, 0.1) is 6.92 Å². The van der Waals surface area contributed by atoms with Crippen LogP contribution in [0.15, 0.2) is 152 Å². The van der Waals surface area contributed by atoms with Gasteiger partial charge in [-0.1, -0.05) is 145 Å². The van der Waals surface area contributed by atoms with Crippen LogP contribution in [0.2, 0.25) is 0 Å². The van der Waals surface area contributed by atoms with E-state index in [1.165, 1.54) is 44.5 Å².